The zero-order chi connectivity index (χ0) is 30.4. The summed E-state index contributed by atoms with van der Waals surface area (Å²) in [6.45, 7) is -0.693. The van der Waals surface area contributed by atoms with Gasteiger partial charge >= 0.3 is 7.82 Å². The predicted octanol–water partition coefficient (Wildman–Crippen LogP) is -3.36. The van der Waals surface area contributed by atoms with Crippen LogP contribution in [0.15, 0.2) is 23.6 Å². The van der Waals surface area contributed by atoms with E-state index >= 15 is 0 Å². The molecule has 0 radical (unpaired) electrons. The van der Waals surface area contributed by atoms with Gasteiger partial charge in [0.05, 0.1) is 25.5 Å². The number of hydrogen-bond donors (Lipinski definition) is 8. The van der Waals surface area contributed by atoms with E-state index in [1.54, 1.807) is 0 Å². The monoisotopic (exact) mass is 624 g/mol. The lowest BCUT2D eigenvalue weighted by Crippen LogP contribution is -2.36. The summed E-state index contributed by atoms with van der Waals surface area (Å²) < 4.78 is 38.0. The highest BCUT2D eigenvalue weighted by atomic mass is 31.2. The van der Waals surface area contributed by atoms with Gasteiger partial charge in [0.2, 0.25) is 11.9 Å². The van der Waals surface area contributed by atoms with Crippen molar-refractivity contribution >= 4 is 42.0 Å². The third-order valence-corrected chi connectivity index (χ3v) is 8.72. The second-order valence-corrected chi connectivity index (χ2v) is 11.7. The lowest BCUT2D eigenvalue weighted by molar-refractivity contribution is -0.0685. The molecule has 4 aromatic rings. The van der Waals surface area contributed by atoms with Crippen LogP contribution in [-0.4, -0.2) is 113 Å². The Morgan fingerprint density at radius 3 is 2.58 bits per heavy atom. The molecule has 22 heteroatoms. The summed E-state index contributed by atoms with van der Waals surface area (Å²) in [5.41, 5.74) is 9.40. The third-order valence-electron chi connectivity index (χ3n) is 7.69. The number of ether oxygens (including phenoxy) is 2. The molecule has 6 heterocycles. The second kappa shape index (κ2) is 9.69. The van der Waals surface area contributed by atoms with Crippen LogP contribution in [0.4, 0.5) is 11.9 Å². The first-order chi connectivity index (χ1) is 20.4. The van der Waals surface area contributed by atoms with Crippen LogP contribution in [0.5, 0.6) is 0 Å². The molecule has 0 aromatic carbocycles. The summed E-state index contributed by atoms with van der Waals surface area (Å²) in [6.07, 6.45) is -7.77. The Morgan fingerprint density at radius 1 is 1.07 bits per heavy atom. The predicted molar refractivity (Wildman–Crippen MR) is 138 cm³/mol. The van der Waals surface area contributed by atoms with Crippen LogP contribution in [0.1, 0.15) is 18.9 Å². The number of phosphoric acid groups is 1. The first-order valence-corrected chi connectivity index (χ1v) is 14.3. The number of nitrogens with one attached hydrogen (secondary N) is 1. The first-order valence-electron chi connectivity index (χ1n) is 12.8. The van der Waals surface area contributed by atoms with Crippen LogP contribution in [0.3, 0.4) is 0 Å². The number of aliphatic hydroxyl groups is 4. The smallest absolute Gasteiger partial charge is 0.394 e. The van der Waals surface area contributed by atoms with E-state index in [1.807, 2.05) is 0 Å². The summed E-state index contributed by atoms with van der Waals surface area (Å²) in [5.74, 6) is -0.308. The molecule has 2 aliphatic heterocycles. The Labute approximate surface area is 238 Å². The highest BCUT2D eigenvalue weighted by molar-refractivity contribution is 7.47. The molecule has 21 nitrogen and oxygen atoms in total. The van der Waals surface area contributed by atoms with Crippen LogP contribution >= 0.6 is 7.82 Å². The van der Waals surface area contributed by atoms with E-state index in [0.717, 1.165) is 10.9 Å². The number of aromatic amines is 1. The number of fused-ring (bicyclic) bond motifs is 2. The van der Waals surface area contributed by atoms with E-state index in [0.29, 0.717) is 5.52 Å². The van der Waals surface area contributed by atoms with Gasteiger partial charge in [-0.3, -0.25) is 28.0 Å². The summed E-state index contributed by atoms with van der Waals surface area (Å²) in [7, 11) is -5.08. The SMILES string of the molecule is Nc1ncc2ncn([C@@H]3OC4(CC4OP(=O)(O)O[C@@H]4[C@H](O)[C@@H](CO)O[C@H]4n4cnc5c(=O)[nH]c(N)nc54)[C@@H](O)[C@H]3O)c2n1. The fourth-order valence-corrected chi connectivity index (χ4v) is 6.69. The van der Waals surface area contributed by atoms with Crippen molar-refractivity contribution in [2.75, 3.05) is 18.1 Å². The molecule has 0 bridgehead atoms. The normalized spacial score (nSPS) is 35.3. The maximum atomic E-state index is 13.2. The lowest BCUT2D eigenvalue weighted by Gasteiger charge is -2.24. The van der Waals surface area contributed by atoms with Gasteiger partial charge in [-0.2, -0.15) is 9.97 Å². The molecule has 10 atom stereocenters. The van der Waals surface area contributed by atoms with Crippen LogP contribution in [-0.2, 0) is 23.1 Å². The van der Waals surface area contributed by atoms with Gasteiger partial charge in [-0.1, -0.05) is 0 Å². The molecule has 3 unspecified atom stereocenters. The number of H-pyrrole nitrogens is 1. The van der Waals surface area contributed by atoms with E-state index in [1.165, 1.54) is 17.1 Å². The van der Waals surface area contributed by atoms with Crippen molar-refractivity contribution in [2.24, 2.45) is 0 Å². The highest BCUT2D eigenvalue weighted by Crippen LogP contribution is 2.61. The van der Waals surface area contributed by atoms with Gasteiger partial charge in [0, 0.05) is 6.42 Å². The summed E-state index contributed by atoms with van der Waals surface area (Å²) >= 11 is 0. The molecule has 230 valence electrons. The minimum atomic E-state index is -5.08. The van der Waals surface area contributed by atoms with Crippen molar-refractivity contribution in [1.29, 1.82) is 0 Å². The van der Waals surface area contributed by atoms with Crippen molar-refractivity contribution in [2.45, 2.75) is 61.1 Å². The Morgan fingerprint density at radius 2 is 1.81 bits per heavy atom. The fourth-order valence-electron chi connectivity index (χ4n) is 5.52. The number of aliphatic hydroxyl groups excluding tert-OH is 4. The van der Waals surface area contributed by atoms with Gasteiger partial charge in [-0.25, -0.2) is 19.5 Å². The Bertz CT molecular complexity index is 1830. The van der Waals surface area contributed by atoms with Gasteiger partial charge in [0.1, 0.15) is 47.7 Å². The minimum Gasteiger partial charge on any atom is -0.394 e. The van der Waals surface area contributed by atoms with Crippen molar-refractivity contribution < 1.29 is 48.4 Å². The first kappa shape index (κ1) is 28.2. The second-order valence-electron chi connectivity index (χ2n) is 10.3. The van der Waals surface area contributed by atoms with Crippen LogP contribution < -0.4 is 17.0 Å². The molecule has 1 saturated carbocycles. The summed E-state index contributed by atoms with van der Waals surface area (Å²) in [6, 6.07) is 0. The standard InChI is InChI=1S/C21H25N10O11P/c22-19-24-2-6-14(27-19)30(4-25-6)17-11(34)13(35)21(40-17)1-8(21)41-43(37,38)42-12-10(33)7(3-32)39-18(12)31-5-26-9-15(31)28-20(23)29-16(9)36/h2,4-5,7-8,10-13,17-18,32-35H,1,3H2,(H,37,38)(H2,22,24,27)(H3,23,28,29,36)/t7-,8?,10-,11-,12-,13+,17-,18-,21?/m1/s1. The number of rotatable bonds is 7. The van der Waals surface area contributed by atoms with E-state index in [2.05, 4.69) is 29.9 Å². The molecular formula is C21H25N10O11P. The Hall–Kier alpha value is -3.63. The molecule has 3 aliphatic rings. The Kier molecular flexibility index (Phi) is 6.34. The molecular weight excluding hydrogens is 599 g/mol. The summed E-state index contributed by atoms with van der Waals surface area (Å²) in [5, 5.41) is 42.1. The average molecular weight is 624 g/mol. The van der Waals surface area contributed by atoms with Gasteiger partial charge < -0.3 is 46.3 Å². The van der Waals surface area contributed by atoms with E-state index in [4.69, 9.17) is 30.0 Å². The van der Waals surface area contributed by atoms with Gasteiger partial charge in [-0.05, 0) is 0 Å². The topological polar surface area (TPSA) is 314 Å². The zero-order valence-corrected chi connectivity index (χ0v) is 22.6. The molecule has 0 amide bonds. The molecule has 7 rings (SSSR count). The van der Waals surface area contributed by atoms with Crippen LogP contribution in [0.25, 0.3) is 22.3 Å². The molecule has 2 saturated heterocycles. The average Bonchev–Trinajstić information content (AvgIpc) is 3.29. The van der Waals surface area contributed by atoms with E-state index < -0.39 is 74.7 Å². The largest absolute Gasteiger partial charge is 0.473 e. The molecule has 1 spiro atoms. The maximum absolute atomic E-state index is 13.2. The van der Waals surface area contributed by atoms with Crippen LogP contribution in [0, 0.1) is 0 Å². The Balaban J connectivity index is 1.12. The quantitative estimate of drug-likeness (QED) is 0.0930. The number of aromatic nitrogens is 8. The lowest BCUT2D eigenvalue weighted by atomic mass is 10.1. The number of imidazole rings is 2. The molecule has 10 N–H and O–H groups in total. The molecule has 3 fully saturated rings. The number of hydrogen-bond acceptors (Lipinski definition) is 17. The maximum Gasteiger partial charge on any atom is 0.473 e. The van der Waals surface area contributed by atoms with Gasteiger partial charge in [0.15, 0.2) is 29.3 Å². The number of nitrogen functional groups attached to an aromatic ring is 2. The highest BCUT2D eigenvalue weighted by Gasteiger charge is 2.71. The van der Waals surface area contributed by atoms with Crippen molar-refractivity contribution in [3.63, 3.8) is 0 Å². The van der Waals surface area contributed by atoms with Crippen molar-refractivity contribution in [3.05, 3.63) is 29.2 Å². The van der Waals surface area contributed by atoms with Gasteiger partial charge in [0.25, 0.3) is 5.56 Å². The number of nitrogens with two attached hydrogens (primary N) is 2. The number of nitrogens with zero attached hydrogens (tertiary/aromatic N) is 7. The minimum absolute atomic E-state index is 0.0578. The van der Waals surface area contributed by atoms with Gasteiger partial charge in [-0.15, -0.1) is 0 Å². The van der Waals surface area contributed by atoms with E-state index in [-0.39, 0.29) is 35.1 Å². The molecule has 4 aromatic heterocycles. The molecule has 1 aliphatic carbocycles. The van der Waals surface area contributed by atoms with Crippen molar-refractivity contribution in [1.82, 2.24) is 39.0 Å². The number of anilines is 2. The van der Waals surface area contributed by atoms with Crippen molar-refractivity contribution in [3.8, 4) is 0 Å². The third kappa shape index (κ3) is 4.40. The fraction of sp³-hybridized carbons (Fsp3) is 0.524. The van der Waals surface area contributed by atoms with E-state index in [9.17, 15) is 34.7 Å². The number of phosphoric ester groups is 1. The zero-order valence-electron chi connectivity index (χ0n) is 21.7. The molecule has 43 heavy (non-hydrogen) atoms. The summed E-state index contributed by atoms with van der Waals surface area (Å²) in [4.78, 5) is 45.2. The van der Waals surface area contributed by atoms with Crippen LogP contribution in [0.2, 0.25) is 0 Å².